The van der Waals surface area contributed by atoms with E-state index in [9.17, 15) is 18.3 Å². The molecule has 1 fully saturated rings. The van der Waals surface area contributed by atoms with Gasteiger partial charge in [0, 0.05) is 18.8 Å². The van der Waals surface area contributed by atoms with Crippen LogP contribution in [0, 0.1) is 0 Å². The molecule has 1 aliphatic rings. The molecule has 3 rings (SSSR count). The van der Waals surface area contributed by atoms with Crippen LogP contribution in [0.4, 0.5) is 10.5 Å². The van der Waals surface area contributed by atoms with Gasteiger partial charge in [-0.1, -0.05) is 12.1 Å². The molecule has 2 amide bonds. The summed E-state index contributed by atoms with van der Waals surface area (Å²) in [5, 5.41) is 15.1. The summed E-state index contributed by atoms with van der Waals surface area (Å²) in [7, 11) is 0.0738. The Kier molecular flexibility index (Phi) is 7.19. The lowest BCUT2D eigenvalue weighted by molar-refractivity contribution is 0.197. The van der Waals surface area contributed by atoms with E-state index in [2.05, 4.69) is 15.5 Å². The third-order valence-corrected chi connectivity index (χ3v) is 7.63. The number of benzene rings is 2. The number of likely N-dealkylation sites (tertiary alicyclic amines) is 1. The van der Waals surface area contributed by atoms with Crippen molar-refractivity contribution in [1.29, 1.82) is 0 Å². The lowest BCUT2D eigenvalue weighted by atomic mass is 10.1. The highest BCUT2D eigenvalue weighted by Crippen LogP contribution is 2.24. The largest absolute Gasteiger partial charge is 0.508 e. The van der Waals surface area contributed by atoms with Crippen LogP contribution >= 0.6 is 0 Å². The highest BCUT2D eigenvalue weighted by molar-refractivity contribution is 7.89. The van der Waals surface area contributed by atoms with Crippen LogP contribution in [0.25, 0.3) is 0 Å². The molecule has 9 heteroatoms. The molecule has 0 unspecified atom stereocenters. The maximum absolute atomic E-state index is 13.0. The molecule has 0 aliphatic carbocycles. The molecular weight excluding hydrogens is 416 g/mol. The van der Waals surface area contributed by atoms with Gasteiger partial charge >= 0.3 is 6.03 Å². The number of hydrogen-bond donors (Lipinski definition) is 3. The maximum Gasteiger partial charge on any atom is 0.319 e. The summed E-state index contributed by atoms with van der Waals surface area (Å²) < 4.78 is 27.4. The molecule has 1 atom stereocenters. The minimum atomic E-state index is -3.60. The smallest absolute Gasteiger partial charge is 0.319 e. The molecule has 2 aromatic rings. The number of amides is 2. The van der Waals surface area contributed by atoms with Crippen molar-refractivity contribution in [3.8, 4) is 5.75 Å². The first-order chi connectivity index (χ1) is 14.7. The second-order valence-electron chi connectivity index (χ2n) is 8.00. The number of anilines is 1. The molecule has 0 saturated carbocycles. The zero-order valence-corrected chi connectivity index (χ0v) is 18.9. The van der Waals surface area contributed by atoms with E-state index in [-0.39, 0.29) is 22.7 Å². The quantitative estimate of drug-likeness (QED) is 0.633. The fraction of sp³-hybridized carbons (Fsp3) is 0.409. The number of carbonyl (C=O) groups excluding carboxylic acids is 1. The van der Waals surface area contributed by atoms with Gasteiger partial charge < -0.3 is 20.6 Å². The normalized spacial score (nSPS) is 16.8. The van der Waals surface area contributed by atoms with E-state index >= 15 is 0 Å². The molecular formula is C22H30N4O4S. The Hall–Kier alpha value is -2.62. The van der Waals surface area contributed by atoms with Crippen molar-refractivity contribution in [2.45, 2.75) is 36.7 Å². The van der Waals surface area contributed by atoms with Gasteiger partial charge in [0.25, 0.3) is 0 Å². The number of nitrogens with one attached hydrogen (secondary N) is 2. The molecule has 1 heterocycles. The topological polar surface area (TPSA) is 102 Å². The summed E-state index contributed by atoms with van der Waals surface area (Å²) in [5.41, 5.74) is 1.26. The number of phenolic OH excluding ortho intramolecular Hbond substituents is 1. The molecule has 168 valence electrons. The fourth-order valence-electron chi connectivity index (χ4n) is 3.67. The van der Waals surface area contributed by atoms with Crippen LogP contribution in [-0.2, 0) is 10.0 Å². The summed E-state index contributed by atoms with van der Waals surface area (Å²) in [6.07, 6.45) is 1.62. The molecule has 0 radical (unpaired) electrons. The first-order valence-corrected chi connectivity index (χ1v) is 11.7. The van der Waals surface area contributed by atoms with Gasteiger partial charge in [-0.2, -0.15) is 4.31 Å². The van der Waals surface area contributed by atoms with Crippen molar-refractivity contribution in [3.63, 3.8) is 0 Å². The Morgan fingerprint density at radius 3 is 2.42 bits per heavy atom. The Labute approximate surface area is 183 Å². The predicted molar refractivity (Wildman–Crippen MR) is 121 cm³/mol. The average molecular weight is 447 g/mol. The van der Waals surface area contributed by atoms with E-state index in [1.807, 2.05) is 20.0 Å². The number of carbonyl (C=O) groups is 1. The number of nitrogens with zero attached hydrogens (tertiary/aromatic N) is 2. The number of rotatable bonds is 6. The number of urea groups is 1. The van der Waals surface area contributed by atoms with Gasteiger partial charge in [-0.25, -0.2) is 13.2 Å². The number of sulfonamides is 1. The number of hydrogen-bond acceptors (Lipinski definition) is 5. The molecule has 2 aromatic carbocycles. The van der Waals surface area contributed by atoms with Crippen molar-refractivity contribution in [1.82, 2.24) is 14.5 Å². The minimum absolute atomic E-state index is 0.0105. The fourth-order valence-corrected chi connectivity index (χ4v) is 5.09. The van der Waals surface area contributed by atoms with E-state index in [1.165, 1.54) is 16.4 Å². The maximum atomic E-state index is 13.0. The van der Waals surface area contributed by atoms with E-state index in [0.29, 0.717) is 5.69 Å². The standard InChI is InChI=1S/C22H30N4O4S/c1-16(17-5-4-6-20(27)15-17)23-22(28)24-18-7-9-21(10-8-18)31(29,30)26(3)19-11-13-25(2)14-12-19/h4-10,15-16,19,27H,11-14H2,1-3H3,(H2,23,24,28)/t16-/m0/s1. The second-order valence-corrected chi connectivity index (χ2v) is 9.99. The van der Waals surface area contributed by atoms with Crippen molar-refractivity contribution < 1.29 is 18.3 Å². The molecule has 3 N–H and O–H groups in total. The van der Waals surface area contributed by atoms with Gasteiger partial charge in [-0.05, 0) is 81.9 Å². The number of piperidine rings is 1. The summed E-state index contributed by atoms with van der Waals surface area (Å²) in [4.78, 5) is 14.7. The zero-order valence-electron chi connectivity index (χ0n) is 18.1. The van der Waals surface area contributed by atoms with Gasteiger partial charge in [0.15, 0.2) is 0 Å². The summed E-state index contributed by atoms with van der Waals surface area (Å²) in [6.45, 7) is 3.57. The van der Waals surface area contributed by atoms with Gasteiger partial charge in [-0.15, -0.1) is 0 Å². The van der Waals surface area contributed by atoms with Crippen LogP contribution in [0.3, 0.4) is 0 Å². The Balaban J connectivity index is 1.60. The van der Waals surface area contributed by atoms with Crippen molar-refractivity contribution in [2.24, 2.45) is 0 Å². The first kappa shape index (κ1) is 23.1. The first-order valence-electron chi connectivity index (χ1n) is 10.3. The van der Waals surface area contributed by atoms with E-state index in [0.717, 1.165) is 31.5 Å². The highest BCUT2D eigenvalue weighted by Gasteiger charge is 2.30. The van der Waals surface area contributed by atoms with E-state index in [4.69, 9.17) is 0 Å². The van der Waals surface area contributed by atoms with E-state index < -0.39 is 16.1 Å². The molecule has 0 spiro atoms. The third-order valence-electron chi connectivity index (χ3n) is 5.71. The van der Waals surface area contributed by atoms with E-state index in [1.54, 1.807) is 37.4 Å². The summed E-state index contributed by atoms with van der Waals surface area (Å²) >= 11 is 0. The number of aromatic hydroxyl groups is 1. The molecule has 0 bridgehead atoms. The highest BCUT2D eigenvalue weighted by atomic mass is 32.2. The van der Waals surface area contributed by atoms with Gasteiger partial charge in [0.2, 0.25) is 10.0 Å². The van der Waals surface area contributed by atoms with Gasteiger partial charge in [0.1, 0.15) is 5.75 Å². The minimum Gasteiger partial charge on any atom is -0.508 e. The number of phenols is 1. The van der Waals surface area contributed by atoms with Crippen LogP contribution in [0.5, 0.6) is 5.75 Å². The van der Waals surface area contributed by atoms with Crippen molar-refractivity contribution in [2.75, 3.05) is 32.5 Å². The van der Waals surface area contributed by atoms with Crippen LogP contribution in [-0.4, -0.2) is 62.0 Å². The molecule has 0 aromatic heterocycles. The van der Waals surface area contributed by atoms with Gasteiger partial charge in [0.05, 0.1) is 10.9 Å². The van der Waals surface area contributed by atoms with Crippen LogP contribution in [0.15, 0.2) is 53.4 Å². The van der Waals surface area contributed by atoms with Crippen LogP contribution < -0.4 is 10.6 Å². The van der Waals surface area contributed by atoms with Crippen molar-refractivity contribution in [3.05, 3.63) is 54.1 Å². The summed E-state index contributed by atoms with van der Waals surface area (Å²) in [5.74, 6) is 0.133. The molecule has 8 nitrogen and oxygen atoms in total. The van der Waals surface area contributed by atoms with Crippen molar-refractivity contribution >= 4 is 21.7 Å². The average Bonchev–Trinajstić information content (AvgIpc) is 2.74. The lowest BCUT2D eigenvalue weighted by Gasteiger charge is -2.34. The molecule has 1 aliphatic heterocycles. The van der Waals surface area contributed by atoms with Crippen LogP contribution in [0.1, 0.15) is 31.4 Å². The second kappa shape index (κ2) is 9.67. The zero-order chi connectivity index (χ0) is 22.6. The van der Waals surface area contributed by atoms with Crippen LogP contribution in [0.2, 0.25) is 0 Å². The Bertz CT molecular complexity index is 1000. The van der Waals surface area contributed by atoms with Gasteiger partial charge in [-0.3, -0.25) is 0 Å². The predicted octanol–water partition coefficient (Wildman–Crippen LogP) is 2.99. The Morgan fingerprint density at radius 1 is 1.16 bits per heavy atom. The SMILES string of the molecule is C[C@H](NC(=O)Nc1ccc(S(=O)(=O)N(C)C2CCN(C)CC2)cc1)c1cccc(O)c1. The molecule has 31 heavy (non-hydrogen) atoms. The lowest BCUT2D eigenvalue weighted by Crippen LogP contribution is -2.44. The molecule has 1 saturated heterocycles. The monoisotopic (exact) mass is 446 g/mol. The summed E-state index contributed by atoms with van der Waals surface area (Å²) in [6, 6.07) is 12.1. The third kappa shape index (κ3) is 5.75. The Morgan fingerprint density at radius 2 is 1.81 bits per heavy atom.